The van der Waals surface area contributed by atoms with Crippen LogP contribution in [0.1, 0.15) is 0 Å². The average molecular weight is 266 g/mol. The summed E-state index contributed by atoms with van der Waals surface area (Å²) in [6, 6.07) is 8.97. The standard InChI is InChI=1S/C12H14N2O5/c15-6-8(16)11-9(17)10(18)12(19-11)14-13-7-4-2-1-3-5-7/h1-5,8,11,13-16,18H,6H2/t8-,11+/m0/s1. The number of rotatable bonds is 5. The number of carbonyl (C=O) groups is 1. The lowest BCUT2D eigenvalue weighted by atomic mass is 10.1. The van der Waals surface area contributed by atoms with Gasteiger partial charge in [0.2, 0.25) is 11.5 Å². The molecule has 2 rings (SSSR count). The van der Waals surface area contributed by atoms with Crippen LogP contribution < -0.4 is 10.9 Å². The Bertz CT molecular complexity index is 488. The number of Topliss-reactive ketones (excluding diaryl/α,β-unsaturated/α-hetero) is 1. The molecule has 7 nitrogen and oxygen atoms in total. The van der Waals surface area contributed by atoms with Gasteiger partial charge in [-0.05, 0) is 12.1 Å². The fraction of sp³-hybridized carbons (Fsp3) is 0.250. The highest BCUT2D eigenvalue weighted by atomic mass is 16.5. The second-order valence-electron chi connectivity index (χ2n) is 3.95. The van der Waals surface area contributed by atoms with Crippen LogP contribution in [0.4, 0.5) is 5.69 Å². The third kappa shape index (κ3) is 2.78. The molecular formula is C12H14N2O5. The largest absolute Gasteiger partial charge is 0.501 e. The van der Waals surface area contributed by atoms with Gasteiger partial charge in [0.15, 0.2) is 6.10 Å². The zero-order valence-electron chi connectivity index (χ0n) is 9.91. The first kappa shape index (κ1) is 13.2. The summed E-state index contributed by atoms with van der Waals surface area (Å²) in [4.78, 5) is 11.6. The first-order valence-electron chi connectivity index (χ1n) is 5.63. The van der Waals surface area contributed by atoms with Crippen molar-refractivity contribution in [2.24, 2.45) is 0 Å². The second-order valence-corrected chi connectivity index (χ2v) is 3.95. The van der Waals surface area contributed by atoms with Crippen LogP contribution in [0, 0.1) is 0 Å². The molecule has 0 fully saturated rings. The first-order valence-corrected chi connectivity index (χ1v) is 5.63. The first-order chi connectivity index (χ1) is 9.13. The summed E-state index contributed by atoms with van der Waals surface area (Å²) < 4.78 is 5.06. The molecule has 1 heterocycles. The zero-order valence-corrected chi connectivity index (χ0v) is 9.91. The van der Waals surface area contributed by atoms with Crippen LogP contribution in [-0.2, 0) is 9.53 Å². The molecule has 102 valence electrons. The number of hydrogen-bond donors (Lipinski definition) is 5. The minimum atomic E-state index is -1.38. The molecule has 2 atom stereocenters. The van der Waals surface area contributed by atoms with Gasteiger partial charge < -0.3 is 20.1 Å². The predicted molar refractivity (Wildman–Crippen MR) is 65.8 cm³/mol. The number of anilines is 1. The summed E-state index contributed by atoms with van der Waals surface area (Å²) in [5.41, 5.74) is 5.96. The number of aliphatic hydroxyl groups excluding tert-OH is 3. The number of para-hydroxylation sites is 1. The molecular weight excluding hydrogens is 252 g/mol. The maximum atomic E-state index is 11.6. The van der Waals surface area contributed by atoms with E-state index in [1.165, 1.54) is 0 Å². The molecule has 0 saturated carbocycles. The molecule has 0 radical (unpaired) electrons. The van der Waals surface area contributed by atoms with Crippen LogP contribution in [0.15, 0.2) is 42.0 Å². The summed E-state index contributed by atoms with van der Waals surface area (Å²) >= 11 is 0. The van der Waals surface area contributed by atoms with Gasteiger partial charge >= 0.3 is 0 Å². The average Bonchev–Trinajstić information content (AvgIpc) is 2.73. The van der Waals surface area contributed by atoms with Crippen molar-refractivity contribution in [2.75, 3.05) is 12.0 Å². The third-order valence-corrected chi connectivity index (χ3v) is 2.58. The van der Waals surface area contributed by atoms with E-state index in [1.54, 1.807) is 24.3 Å². The molecule has 7 heteroatoms. The molecule has 1 aromatic carbocycles. The molecule has 0 bridgehead atoms. The van der Waals surface area contributed by atoms with Crippen LogP contribution in [0.2, 0.25) is 0 Å². The normalized spacial score (nSPS) is 20.1. The van der Waals surface area contributed by atoms with E-state index in [-0.39, 0.29) is 5.88 Å². The van der Waals surface area contributed by atoms with E-state index in [0.717, 1.165) is 0 Å². The van der Waals surface area contributed by atoms with Gasteiger partial charge in [0.05, 0.1) is 12.3 Å². The van der Waals surface area contributed by atoms with Crippen molar-refractivity contribution in [3.05, 3.63) is 42.0 Å². The Kier molecular flexibility index (Phi) is 3.88. The van der Waals surface area contributed by atoms with E-state index in [1.807, 2.05) is 6.07 Å². The van der Waals surface area contributed by atoms with Gasteiger partial charge in [0.1, 0.15) is 6.10 Å². The van der Waals surface area contributed by atoms with E-state index >= 15 is 0 Å². The Morgan fingerprint density at radius 3 is 2.58 bits per heavy atom. The molecule has 19 heavy (non-hydrogen) atoms. The molecule has 1 aliphatic heterocycles. The van der Waals surface area contributed by atoms with Crippen molar-refractivity contribution >= 4 is 11.5 Å². The van der Waals surface area contributed by atoms with Crippen molar-refractivity contribution in [2.45, 2.75) is 12.2 Å². The maximum Gasteiger partial charge on any atom is 0.254 e. The van der Waals surface area contributed by atoms with Gasteiger partial charge in [-0.3, -0.25) is 15.6 Å². The molecule has 1 aromatic rings. The summed E-state index contributed by atoms with van der Waals surface area (Å²) in [6.07, 6.45) is -2.68. The number of ketones is 1. The number of aliphatic hydroxyl groups is 3. The van der Waals surface area contributed by atoms with Gasteiger partial charge in [-0.2, -0.15) is 0 Å². The lowest BCUT2D eigenvalue weighted by Crippen LogP contribution is -2.36. The van der Waals surface area contributed by atoms with Gasteiger partial charge in [-0.1, -0.05) is 18.2 Å². The number of hydrogen-bond acceptors (Lipinski definition) is 7. The summed E-state index contributed by atoms with van der Waals surface area (Å²) in [7, 11) is 0. The Labute approximate surface area is 109 Å². The van der Waals surface area contributed by atoms with Crippen LogP contribution in [0.5, 0.6) is 0 Å². The Balaban J connectivity index is 1.99. The van der Waals surface area contributed by atoms with Crippen molar-refractivity contribution in [1.82, 2.24) is 5.43 Å². The summed E-state index contributed by atoms with van der Waals surface area (Å²) in [6.45, 7) is -0.636. The highest BCUT2D eigenvalue weighted by Crippen LogP contribution is 2.20. The topological polar surface area (TPSA) is 111 Å². The van der Waals surface area contributed by atoms with E-state index in [2.05, 4.69) is 10.9 Å². The molecule has 0 amide bonds. The maximum absolute atomic E-state index is 11.6. The van der Waals surface area contributed by atoms with Crippen LogP contribution in [0.3, 0.4) is 0 Å². The van der Waals surface area contributed by atoms with Crippen molar-refractivity contribution in [3.63, 3.8) is 0 Å². The third-order valence-electron chi connectivity index (χ3n) is 2.58. The molecule has 1 aliphatic rings. The molecule has 0 saturated heterocycles. The quantitative estimate of drug-likeness (QED) is 0.463. The van der Waals surface area contributed by atoms with E-state index in [4.69, 9.17) is 9.84 Å². The van der Waals surface area contributed by atoms with Crippen LogP contribution in [-0.4, -0.2) is 39.9 Å². The molecule has 0 unspecified atom stereocenters. The molecule has 5 N–H and O–H groups in total. The molecule has 0 spiro atoms. The number of hydrazine groups is 1. The Morgan fingerprint density at radius 2 is 1.95 bits per heavy atom. The Hall–Kier alpha value is -2.25. The Morgan fingerprint density at radius 1 is 1.26 bits per heavy atom. The second kappa shape index (κ2) is 5.59. The fourth-order valence-corrected chi connectivity index (χ4v) is 1.57. The smallest absolute Gasteiger partial charge is 0.254 e. The van der Waals surface area contributed by atoms with Crippen molar-refractivity contribution < 1.29 is 24.9 Å². The van der Waals surface area contributed by atoms with Gasteiger partial charge in [-0.25, -0.2) is 0 Å². The van der Waals surface area contributed by atoms with Gasteiger partial charge in [-0.15, -0.1) is 0 Å². The van der Waals surface area contributed by atoms with Gasteiger partial charge in [0.25, 0.3) is 5.88 Å². The highest BCUT2D eigenvalue weighted by Gasteiger charge is 2.40. The lowest BCUT2D eigenvalue weighted by molar-refractivity contribution is -0.130. The summed E-state index contributed by atoms with van der Waals surface area (Å²) in [5, 5.41) is 27.7. The van der Waals surface area contributed by atoms with Crippen LogP contribution in [0.25, 0.3) is 0 Å². The van der Waals surface area contributed by atoms with Crippen molar-refractivity contribution in [1.29, 1.82) is 0 Å². The SMILES string of the molecule is O=C1C(O)=C(NNc2ccccc2)O[C@@H]1[C@@H](O)CO. The van der Waals surface area contributed by atoms with Gasteiger partial charge in [0, 0.05) is 0 Å². The molecule has 0 aliphatic carbocycles. The predicted octanol–water partition coefficient (Wildman–Crippen LogP) is -0.349. The van der Waals surface area contributed by atoms with Crippen LogP contribution >= 0.6 is 0 Å². The van der Waals surface area contributed by atoms with E-state index < -0.39 is 30.4 Å². The minimum absolute atomic E-state index is 0.189. The monoisotopic (exact) mass is 266 g/mol. The number of ether oxygens (including phenoxy) is 1. The molecule has 0 aromatic heterocycles. The van der Waals surface area contributed by atoms with E-state index in [0.29, 0.717) is 5.69 Å². The number of nitrogens with one attached hydrogen (secondary N) is 2. The van der Waals surface area contributed by atoms with Crippen molar-refractivity contribution in [3.8, 4) is 0 Å². The fourth-order valence-electron chi connectivity index (χ4n) is 1.57. The van der Waals surface area contributed by atoms with E-state index in [9.17, 15) is 15.0 Å². The minimum Gasteiger partial charge on any atom is -0.501 e. The number of benzene rings is 1. The zero-order chi connectivity index (χ0) is 13.8. The number of carbonyl (C=O) groups excluding carboxylic acids is 1. The highest BCUT2D eigenvalue weighted by molar-refractivity contribution is 5.99. The summed E-state index contributed by atoms with van der Waals surface area (Å²) in [5.74, 6) is -1.59. The lowest BCUT2D eigenvalue weighted by Gasteiger charge is -2.16.